The van der Waals surface area contributed by atoms with E-state index in [0.717, 1.165) is 19.3 Å². The van der Waals surface area contributed by atoms with Gasteiger partial charge in [-0.05, 0) is 23.3 Å². The molecule has 22 heavy (non-hydrogen) atoms. The van der Waals surface area contributed by atoms with Crippen molar-refractivity contribution in [2.75, 3.05) is 6.61 Å². The zero-order valence-electron chi connectivity index (χ0n) is 12.5. The standard InChI is InChI=1S/C17H19NO4/c1-2-3-6-9-22-17(21)13-10-11-7-4-5-8-12(11)14(15(13)19)16(18)20/h4-5,7-8,10,19H,2-3,6,9H2,1H3,(H2,18,20). The minimum atomic E-state index is -0.783. The van der Waals surface area contributed by atoms with E-state index in [1.165, 1.54) is 6.07 Å². The van der Waals surface area contributed by atoms with Crippen molar-refractivity contribution in [1.29, 1.82) is 0 Å². The van der Waals surface area contributed by atoms with Crippen molar-refractivity contribution in [2.24, 2.45) is 5.73 Å². The van der Waals surface area contributed by atoms with Crippen LogP contribution in [0.1, 0.15) is 46.9 Å². The first-order valence-electron chi connectivity index (χ1n) is 7.28. The topological polar surface area (TPSA) is 89.6 Å². The number of carbonyl (C=O) groups excluding carboxylic acids is 2. The summed E-state index contributed by atoms with van der Waals surface area (Å²) in [4.78, 5) is 23.7. The van der Waals surface area contributed by atoms with Crippen molar-refractivity contribution in [3.8, 4) is 5.75 Å². The van der Waals surface area contributed by atoms with Crippen LogP contribution in [0.4, 0.5) is 0 Å². The van der Waals surface area contributed by atoms with Gasteiger partial charge < -0.3 is 15.6 Å². The molecule has 3 N–H and O–H groups in total. The third-order valence-corrected chi connectivity index (χ3v) is 3.47. The van der Waals surface area contributed by atoms with Gasteiger partial charge >= 0.3 is 5.97 Å². The summed E-state index contributed by atoms with van der Waals surface area (Å²) >= 11 is 0. The molecule has 0 heterocycles. The number of carbonyl (C=O) groups is 2. The Morgan fingerprint density at radius 3 is 2.64 bits per heavy atom. The third kappa shape index (κ3) is 3.19. The summed E-state index contributed by atoms with van der Waals surface area (Å²) in [6.45, 7) is 2.33. The highest BCUT2D eigenvalue weighted by Crippen LogP contribution is 2.31. The maximum absolute atomic E-state index is 12.1. The van der Waals surface area contributed by atoms with E-state index in [2.05, 4.69) is 6.92 Å². The Hall–Kier alpha value is -2.56. The number of amides is 1. The molecule has 0 radical (unpaired) electrons. The number of hydrogen-bond donors (Lipinski definition) is 2. The fraction of sp³-hybridized carbons (Fsp3) is 0.294. The van der Waals surface area contributed by atoms with E-state index in [0.29, 0.717) is 10.8 Å². The van der Waals surface area contributed by atoms with Gasteiger partial charge in [0.1, 0.15) is 11.3 Å². The lowest BCUT2D eigenvalue weighted by Crippen LogP contribution is -2.15. The lowest BCUT2D eigenvalue weighted by Gasteiger charge is -2.11. The van der Waals surface area contributed by atoms with Crippen LogP contribution < -0.4 is 5.73 Å². The number of esters is 1. The molecule has 0 saturated carbocycles. The number of hydrogen-bond acceptors (Lipinski definition) is 4. The molecule has 1 amide bonds. The van der Waals surface area contributed by atoms with Gasteiger partial charge in [-0.3, -0.25) is 4.79 Å². The summed E-state index contributed by atoms with van der Waals surface area (Å²) in [5.74, 6) is -1.86. The number of primary amides is 1. The van der Waals surface area contributed by atoms with Crippen LogP contribution in [-0.4, -0.2) is 23.6 Å². The van der Waals surface area contributed by atoms with Crippen LogP contribution >= 0.6 is 0 Å². The van der Waals surface area contributed by atoms with Gasteiger partial charge in [-0.1, -0.05) is 44.0 Å². The number of rotatable bonds is 6. The van der Waals surface area contributed by atoms with Crippen LogP contribution in [-0.2, 0) is 4.74 Å². The number of nitrogens with two attached hydrogens (primary N) is 1. The number of phenols is 1. The molecule has 0 aliphatic carbocycles. The van der Waals surface area contributed by atoms with Crippen molar-refractivity contribution < 1.29 is 19.4 Å². The van der Waals surface area contributed by atoms with Crippen LogP contribution in [0.5, 0.6) is 5.75 Å². The van der Waals surface area contributed by atoms with Crippen molar-refractivity contribution in [1.82, 2.24) is 0 Å². The highest BCUT2D eigenvalue weighted by molar-refractivity contribution is 6.12. The van der Waals surface area contributed by atoms with E-state index in [-0.39, 0.29) is 17.7 Å². The molecule has 0 aliphatic heterocycles. The van der Waals surface area contributed by atoms with Crippen LogP contribution in [0.15, 0.2) is 30.3 Å². The second-order valence-electron chi connectivity index (χ2n) is 5.08. The number of fused-ring (bicyclic) bond motifs is 1. The molecule has 0 aliphatic rings. The Morgan fingerprint density at radius 1 is 1.23 bits per heavy atom. The summed E-state index contributed by atoms with van der Waals surface area (Å²) in [5.41, 5.74) is 5.24. The SMILES string of the molecule is CCCCCOC(=O)c1cc2ccccc2c(C(N)=O)c1O. The Labute approximate surface area is 128 Å². The fourth-order valence-corrected chi connectivity index (χ4v) is 2.34. The minimum Gasteiger partial charge on any atom is -0.506 e. The van der Waals surface area contributed by atoms with Gasteiger partial charge in [0.05, 0.1) is 12.2 Å². The van der Waals surface area contributed by atoms with E-state index in [9.17, 15) is 14.7 Å². The fourth-order valence-electron chi connectivity index (χ4n) is 2.34. The van der Waals surface area contributed by atoms with Gasteiger partial charge in [0.25, 0.3) is 5.91 Å². The van der Waals surface area contributed by atoms with Gasteiger partial charge in [-0.2, -0.15) is 0 Å². The van der Waals surface area contributed by atoms with E-state index >= 15 is 0 Å². The molecular formula is C17H19NO4. The molecule has 5 nitrogen and oxygen atoms in total. The Kier molecular flexibility index (Phi) is 4.99. The van der Waals surface area contributed by atoms with E-state index in [4.69, 9.17) is 10.5 Å². The molecular weight excluding hydrogens is 282 g/mol. The second-order valence-corrected chi connectivity index (χ2v) is 5.08. The summed E-state index contributed by atoms with van der Waals surface area (Å²) < 4.78 is 5.14. The number of benzene rings is 2. The first-order valence-corrected chi connectivity index (χ1v) is 7.28. The highest BCUT2D eigenvalue weighted by Gasteiger charge is 2.21. The predicted octanol–water partition coefficient (Wildman–Crippen LogP) is 2.99. The molecule has 0 spiro atoms. The Balaban J connectivity index is 2.40. The lowest BCUT2D eigenvalue weighted by atomic mass is 9.99. The van der Waals surface area contributed by atoms with Crippen LogP contribution in [0.3, 0.4) is 0 Å². The number of ether oxygens (including phenoxy) is 1. The number of unbranched alkanes of at least 4 members (excludes halogenated alkanes) is 2. The predicted molar refractivity (Wildman–Crippen MR) is 83.9 cm³/mol. The zero-order valence-corrected chi connectivity index (χ0v) is 12.5. The molecule has 5 heteroatoms. The molecule has 2 aromatic rings. The second kappa shape index (κ2) is 6.93. The quantitative estimate of drug-likeness (QED) is 0.634. The van der Waals surface area contributed by atoms with Gasteiger partial charge in [0.15, 0.2) is 0 Å². The molecule has 0 saturated heterocycles. The third-order valence-electron chi connectivity index (χ3n) is 3.47. The maximum Gasteiger partial charge on any atom is 0.341 e. The van der Waals surface area contributed by atoms with Crippen molar-refractivity contribution in [3.63, 3.8) is 0 Å². The smallest absolute Gasteiger partial charge is 0.341 e. The van der Waals surface area contributed by atoms with E-state index < -0.39 is 17.6 Å². The molecule has 0 fully saturated rings. The molecule has 116 valence electrons. The van der Waals surface area contributed by atoms with Crippen molar-refractivity contribution >= 4 is 22.6 Å². The Bertz CT molecular complexity index is 709. The molecule has 0 atom stereocenters. The van der Waals surface area contributed by atoms with E-state index in [1.807, 2.05) is 0 Å². The van der Waals surface area contributed by atoms with Gasteiger partial charge in [-0.25, -0.2) is 4.79 Å². The molecule has 2 rings (SSSR count). The highest BCUT2D eigenvalue weighted by atomic mass is 16.5. The van der Waals surface area contributed by atoms with Gasteiger partial charge in [0.2, 0.25) is 0 Å². The monoisotopic (exact) mass is 301 g/mol. The summed E-state index contributed by atoms with van der Waals surface area (Å²) in [7, 11) is 0. The lowest BCUT2D eigenvalue weighted by molar-refractivity contribution is 0.0495. The van der Waals surface area contributed by atoms with Crippen LogP contribution in [0.25, 0.3) is 10.8 Å². The Morgan fingerprint density at radius 2 is 1.95 bits per heavy atom. The summed E-state index contributed by atoms with van der Waals surface area (Å²) in [6.07, 6.45) is 2.74. The maximum atomic E-state index is 12.1. The zero-order chi connectivity index (χ0) is 16.1. The van der Waals surface area contributed by atoms with Crippen molar-refractivity contribution in [3.05, 3.63) is 41.5 Å². The van der Waals surface area contributed by atoms with Gasteiger partial charge in [0, 0.05) is 0 Å². The normalized spacial score (nSPS) is 10.6. The van der Waals surface area contributed by atoms with Crippen LogP contribution in [0.2, 0.25) is 0 Å². The largest absolute Gasteiger partial charge is 0.506 e. The van der Waals surface area contributed by atoms with Crippen LogP contribution in [0, 0.1) is 0 Å². The minimum absolute atomic E-state index is 0.0380. The average molecular weight is 301 g/mol. The summed E-state index contributed by atoms with van der Waals surface area (Å²) in [5, 5.41) is 11.4. The number of aromatic hydroxyl groups is 1. The first-order chi connectivity index (χ1) is 10.6. The summed E-state index contributed by atoms with van der Waals surface area (Å²) in [6, 6.07) is 8.44. The average Bonchev–Trinajstić information content (AvgIpc) is 2.50. The molecule has 0 bridgehead atoms. The van der Waals surface area contributed by atoms with Crippen molar-refractivity contribution in [2.45, 2.75) is 26.2 Å². The molecule has 2 aromatic carbocycles. The van der Waals surface area contributed by atoms with Gasteiger partial charge in [-0.15, -0.1) is 0 Å². The molecule has 0 unspecified atom stereocenters. The van der Waals surface area contributed by atoms with E-state index in [1.54, 1.807) is 24.3 Å². The first kappa shape index (κ1) is 15.8. The molecule has 0 aromatic heterocycles.